The molecule has 0 bridgehead atoms. The maximum atomic E-state index is 10.7. The van der Waals surface area contributed by atoms with Gasteiger partial charge < -0.3 is 10.5 Å². The molecule has 0 aromatic heterocycles. The molecule has 1 rings (SSSR count). The fourth-order valence-corrected chi connectivity index (χ4v) is 1.99. The van der Waals surface area contributed by atoms with Crippen molar-refractivity contribution in [2.24, 2.45) is 11.7 Å². The van der Waals surface area contributed by atoms with Crippen molar-refractivity contribution in [3.8, 4) is 0 Å². The summed E-state index contributed by atoms with van der Waals surface area (Å²) < 4.78 is 5.55. The molecule has 1 fully saturated rings. The number of amides is 1. The first-order chi connectivity index (χ1) is 5.58. The summed E-state index contributed by atoms with van der Waals surface area (Å²) >= 11 is 0. The van der Waals surface area contributed by atoms with Crippen LogP contribution in [0.3, 0.4) is 0 Å². The van der Waals surface area contributed by atoms with Crippen LogP contribution in [0.4, 0.5) is 0 Å². The van der Waals surface area contributed by atoms with E-state index in [0.717, 1.165) is 12.8 Å². The van der Waals surface area contributed by atoms with E-state index in [-0.39, 0.29) is 18.1 Å². The molecule has 3 atom stereocenters. The van der Waals surface area contributed by atoms with Gasteiger partial charge in [-0.15, -0.1) is 0 Å². The Morgan fingerprint density at radius 3 is 2.33 bits per heavy atom. The number of carbonyl (C=O) groups excluding carboxylic acids is 1. The zero-order valence-corrected chi connectivity index (χ0v) is 7.75. The number of carbonyl (C=O) groups is 1. The highest BCUT2D eigenvalue weighted by molar-refractivity contribution is 5.73. The Labute approximate surface area is 73.3 Å². The van der Waals surface area contributed by atoms with E-state index >= 15 is 0 Å². The topological polar surface area (TPSA) is 52.3 Å². The maximum absolute atomic E-state index is 10.7. The fourth-order valence-electron chi connectivity index (χ4n) is 1.99. The monoisotopic (exact) mass is 171 g/mol. The van der Waals surface area contributed by atoms with Gasteiger partial charge in [-0.1, -0.05) is 0 Å². The Balaban J connectivity index is 2.38. The van der Waals surface area contributed by atoms with Gasteiger partial charge in [-0.25, -0.2) is 0 Å². The van der Waals surface area contributed by atoms with E-state index in [0.29, 0.717) is 12.3 Å². The predicted octanol–water partition coefficient (Wildman–Crippen LogP) is 1.07. The molecule has 3 nitrogen and oxygen atoms in total. The third kappa shape index (κ3) is 2.81. The van der Waals surface area contributed by atoms with Gasteiger partial charge in [0.2, 0.25) is 5.91 Å². The summed E-state index contributed by atoms with van der Waals surface area (Å²) in [7, 11) is 0. The Bertz CT molecular complexity index is 160. The van der Waals surface area contributed by atoms with Crippen molar-refractivity contribution in [1.82, 2.24) is 0 Å². The van der Waals surface area contributed by atoms with Crippen molar-refractivity contribution in [3.63, 3.8) is 0 Å². The molecule has 1 heterocycles. The van der Waals surface area contributed by atoms with E-state index in [4.69, 9.17) is 10.5 Å². The SMILES string of the molecule is C[C@@H]1CC(CC(N)=O)C[C@H](C)O1. The highest BCUT2D eigenvalue weighted by atomic mass is 16.5. The Morgan fingerprint density at radius 2 is 1.92 bits per heavy atom. The van der Waals surface area contributed by atoms with Crippen molar-refractivity contribution in [3.05, 3.63) is 0 Å². The highest BCUT2D eigenvalue weighted by Crippen LogP contribution is 2.26. The number of hydrogen-bond acceptors (Lipinski definition) is 2. The Kier molecular flexibility index (Phi) is 3.09. The molecular weight excluding hydrogens is 154 g/mol. The van der Waals surface area contributed by atoms with Crippen molar-refractivity contribution < 1.29 is 9.53 Å². The van der Waals surface area contributed by atoms with Crippen molar-refractivity contribution in [2.75, 3.05) is 0 Å². The van der Waals surface area contributed by atoms with E-state index in [1.807, 2.05) is 13.8 Å². The van der Waals surface area contributed by atoms with Crippen LogP contribution in [0.1, 0.15) is 33.1 Å². The molecule has 3 heteroatoms. The summed E-state index contributed by atoms with van der Waals surface area (Å²) in [6.45, 7) is 4.09. The molecule has 1 aliphatic heterocycles. The fraction of sp³-hybridized carbons (Fsp3) is 0.889. The summed E-state index contributed by atoms with van der Waals surface area (Å²) in [4.78, 5) is 10.7. The quantitative estimate of drug-likeness (QED) is 0.675. The van der Waals surface area contributed by atoms with Gasteiger partial charge >= 0.3 is 0 Å². The first-order valence-corrected chi connectivity index (χ1v) is 4.51. The molecule has 0 radical (unpaired) electrons. The Morgan fingerprint density at radius 1 is 1.42 bits per heavy atom. The number of rotatable bonds is 2. The molecule has 1 amide bonds. The number of nitrogens with two attached hydrogens (primary N) is 1. The van der Waals surface area contributed by atoms with Crippen molar-refractivity contribution in [1.29, 1.82) is 0 Å². The van der Waals surface area contributed by atoms with Crippen molar-refractivity contribution >= 4 is 5.91 Å². The summed E-state index contributed by atoms with van der Waals surface area (Å²) in [5, 5.41) is 0. The Hall–Kier alpha value is -0.570. The molecule has 0 aromatic carbocycles. The second-order valence-corrected chi connectivity index (χ2v) is 3.77. The van der Waals surface area contributed by atoms with Crippen LogP contribution in [0.15, 0.2) is 0 Å². The molecule has 12 heavy (non-hydrogen) atoms. The second kappa shape index (κ2) is 3.90. The third-order valence-electron chi connectivity index (χ3n) is 2.28. The van der Waals surface area contributed by atoms with Crippen LogP contribution in [0.5, 0.6) is 0 Å². The van der Waals surface area contributed by atoms with Gasteiger partial charge in [-0.2, -0.15) is 0 Å². The number of primary amides is 1. The molecule has 1 saturated heterocycles. The molecule has 2 N–H and O–H groups in total. The summed E-state index contributed by atoms with van der Waals surface area (Å²) in [6, 6.07) is 0. The van der Waals surface area contributed by atoms with Crippen molar-refractivity contribution in [2.45, 2.75) is 45.3 Å². The van der Waals surface area contributed by atoms with E-state index in [1.165, 1.54) is 0 Å². The number of ether oxygens (including phenoxy) is 1. The zero-order valence-electron chi connectivity index (χ0n) is 7.75. The van der Waals surface area contributed by atoms with E-state index < -0.39 is 0 Å². The molecule has 70 valence electrons. The molecule has 0 aliphatic carbocycles. The second-order valence-electron chi connectivity index (χ2n) is 3.77. The van der Waals surface area contributed by atoms with Gasteiger partial charge in [0.1, 0.15) is 0 Å². The van der Waals surface area contributed by atoms with Crippen LogP contribution in [-0.2, 0) is 9.53 Å². The molecular formula is C9H17NO2. The smallest absolute Gasteiger partial charge is 0.217 e. The normalized spacial score (nSPS) is 36.3. The average molecular weight is 171 g/mol. The van der Waals surface area contributed by atoms with Gasteiger partial charge in [-0.05, 0) is 32.6 Å². The van der Waals surface area contributed by atoms with Crippen LogP contribution in [0.25, 0.3) is 0 Å². The van der Waals surface area contributed by atoms with Gasteiger partial charge in [0.25, 0.3) is 0 Å². The lowest BCUT2D eigenvalue weighted by molar-refractivity contribution is -0.121. The maximum Gasteiger partial charge on any atom is 0.217 e. The lowest BCUT2D eigenvalue weighted by Crippen LogP contribution is -2.31. The predicted molar refractivity (Wildman–Crippen MR) is 46.5 cm³/mol. The summed E-state index contributed by atoms with van der Waals surface area (Å²) in [5.41, 5.74) is 5.13. The van der Waals surface area contributed by atoms with Crippen LogP contribution in [-0.4, -0.2) is 18.1 Å². The third-order valence-corrected chi connectivity index (χ3v) is 2.28. The molecule has 1 aliphatic rings. The first kappa shape index (κ1) is 9.52. The lowest BCUT2D eigenvalue weighted by Gasteiger charge is -2.31. The number of hydrogen-bond donors (Lipinski definition) is 1. The minimum Gasteiger partial charge on any atom is -0.376 e. The minimum atomic E-state index is -0.193. The zero-order chi connectivity index (χ0) is 9.14. The molecule has 0 saturated carbocycles. The molecule has 0 spiro atoms. The van der Waals surface area contributed by atoms with Gasteiger partial charge in [0, 0.05) is 6.42 Å². The van der Waals surface area contributed by atoms with Gasteiger partial charge in [0.05, 0.1) is 12.2 Å². The van der Waals surface area contributed by atoms with E-state index in [9.17, 15) is 4.79 Å². The van der Waals surface area contributed by atoms with Gasteiger partial charge in [-0.3, -0.25) is 4.79 Å². The summed E-state index contributed by atoms with van der Waals surface area (Å²) in [6.07, 6.45) is 3.00. The first-order valence-electron chi connectivity index (χ1n) is 4.51. The molecule has 1 unspecified atom stereocenters. The lowest BCUT2D eigenvalue weighted by atomic mass is 9.90. The van der Waals surface area contributed by atoms with Crippen LogP contribution >= 0.6 is 0 Å². The standard InChI is InChI=1S/C9H17NO2/c1-6-3-8(5-9(10)11)4-7(2)12-6/h6-8H,3-5H2,1-2H3,(H2,10,11)/t6-,7+,8?. The van der Waals surface area contributed by atoms with Crippen LogP contribution in [0, 0.1) is 5.92 Å². The minimum absolute atomic E-state index is 0.193. The van der Waals surface area contributed by atoms with E-state index in [1.54, 1.807) is 0 Å². The van der Waals surface area contributed by atoms with Crippen LogP contribution in [0.2, 0.25) is 0 Å². The summed E-state index contributed by atoms with van der Waals surface area (Å²) in [5.74, 6) is 0.238. The van der Waals surface area contributed by atoms with Gasteiger partial charge in [0.15, 0.2) is 0 Å². The van der Waals surface area contributed by atoms with Crippen LogP contribution < -0.4 is 5.73 Å². The highest BCUT2D eigenvalue weighted by Gasteiger charge is 2.25. The van der Waals surface area contributed by atoms with E-state index in [2.05, 4.69) is 0 Å². The molecule has 0 aromatic rings. The average Bonchev–Trinajstić information content (AvgIpc) is 1.81. The largest absolute Gasteiger partial charge is 0.376 e.